The first-order chi connectivity index (χ1) is 6.75. The zero-order valence-corrected chi connectivity index (χ0v) is 8.97. The summed E-state index contributed by atoms with van der Waals surface area (Å²) in [4.78, 5) is 0. The Morgan fingerprint density at radius 1 is 1.50 bits per heavy atom. The van der Waals surface area contributed by atoms with Crippen LogP contribution in [0.25, 0.3) is 0 Å². The van der Waals surface area contributed by atoms with Crippen molar-refractivity contribution in [3.8, 4) is 0 Å². The minimum Gasteiger partial charge on any atom is -0.396 e. The maximum absolute atomic E-state index is 5.86. The van der Waals surface area contributed by atoms with E-state index in [2.05, 4.69) is 5.32 Å². The molecule has 3 nitrogen and oxygen atoms in total. The number of para-hydroxylation sites is 1. The maximum atomic E-state index is 5.86. The van der Waals surface area contributed by atoms with Crippen LogP contribution in [0.4, 0.5) is 11.4 Å². The predicted octanol–water partition coefficient (Wildman–Crippen LogP) is 2.37. The van der Waals surface area contributed by atoms with Gasteiger partial charge in [-0.25, -0.2) is 0 Å². The molecule has 0 fully saturated rings. The van der Waals surface area contributed by atoms with E-state index in [9.17, 15) is 0 Å². The molecule has 1 rings (SSSR count). The SMILES string of the molecule is CCOCCNc1cccc(Cl)c1N. The smallest absolute Gasteiger partial charge is 0.0739 e. The van der Waals surface area contributed by atoms with Crippen LogP contribution in [-0.2, 0) is 4.74 Å². The van der Waals surface area contributed by atoms with Crippen molar-refractivity contribution in [1.82, 2.24) is 0 Å². The second-order valence-corrected chi connectivity index (χ2v) is 3.23. The number of benzene rings is 1. The van der Waals surface area contributed by atoms with E-state index in [1.165, 1.54) is 0 Å². The van der Waals surface area contributed by atoms with Crippen LogP contribution < -0.4 is 11.1 Å². The molecule has 0 aliphatic heterocycles. The zero-order chi connectivity index (χ0) is 10.4. The van der Waals surface area contributed by atoms with Gasteiger partial charge in [0.1, 0.15) is 0 Å². The molecule has 0 spiro atoms. The minimum absolute atomic E-state index is 0.575. The molecule has 0 saturated carbocycles. The summed E-state index contributed by atoms with van der Waals surface area (Å²) in [6, 6.07) is 5.53. The predicted molar refractivity (Wildman–Crippen MR) is 60.8 cm³/mol. The van der Waals surface area contributed by atoms with Gasteiger partial charge >= 0.3 is 0 Å². The summed E-state index contributed by atoms with van der Waals surface area (Å²) in [6.07, 6.45) is 0. The lowest BCUT2D eigenvalue weighted by Crippen LogP contribution is -2.10. The Hall–Kier alpha value is -0.930. The summed E-state index contributed by atoms with van der Waals surface area (Å²) < 4.78 is 5.19. The van der Waals surface area contributed by atoms with E-state index in [1.54, 1.807) is 6.07 Å². The first-order valence-electron chi connectivity index (χ1n) is 4.61. The largest absolute Gasteiger partial charge is 0.396 e. The van der Waals surface area contributed by atoms with Crippen molar-refractivity contribution in [1.29, 1.82) is 0 Å². The summed E-state index contributed by atoms with van der Waals surface area (Å²) in [5.41, 5.74) is 7.21. The number of anilines is 2. The molecule has 0 radical (unpaired) electrons. The first kappa shape index (κ1) is 11.1. The van der Waals surface area contributed by atoms with Crippen LogP contribution >= 0.6 is 11.6 Å². The monoisotopic (exact) mass is 214 g/mol. The highest BCUT2D eigenvalue weighted by molar-refractivity contribution is 6.33. The fourth-order valence-corrected chi connectivity index (χ4v) is 1.27. The fourth-order valence-electron chi connectivity index (χ4n) is 1.09. The number of halogens is 1. The van der Waals surface area contributed by atoms with Crippen molar-refractivity contribution in [2.45, 2.75) is 6.92 Å². The molecule has 0 aromatic heterocycles. The molecule has 0 bridgehead atoms. The highest BCUT2D eigenvalue weighted by Gasteiger charge is 2.00. The van der Waals surface area contributed by atoms with Crippen molar-refractivity contribution in [2.24, 2.45) is 0 Å². The van der Waals surface area contributed by atoms with Crippen LogP contribution in [0, 0.1) is 0 Å². The fraction of sp³-hybridized carbons (Fsp3) is 0.400. The molecule has 0 unspecified atom stereocenters. The Balaban J connectivity index is 2.46. The third kappa shape index (κ3) is 3.09. The van der Waals surface area contributed by atoms with Gasteiger partial charge < -0.3 is 15.8 Å². The van der Waals surface area contributed by atoms with E-state index in [4.69, 9.17) is 22.1 Å². The van der Waals surface area contributed by atoms with Crippen LogP contribution in [0.2, 0.25) is 5.02 Å². The number of nitrogen functional groups attached to an aromatic ring is 1. The van der Waals surface area contributed by atoms with Gasteiger partial charge in [-0.2, -0.15) is 0 Å². The summed E-state index contributed by atoms with van der Waals surface area (Å²) >= 11 is 5.86. The van der Waals surface area contributed by atoms with Crippen LogP contribution in [0.15, 0.2) is 18.2 Å². The van der Waals surface area contributed by atoms with Crippen molar-refractivity contribution in [3.63, 3.8) is 0 Å². The van der Waals surface area contributed by atoms with Gasteiger partial charge in [-0.15, -0.1) is 0 Å². The summed E-state index contributed by atoms with van der Waals surface area (Å²) in [7, 11) is 0. The van der Waals surface area contributed by atoms with E-state index in [-0.39, 0.29) is 0 Å². The Morgan fingerprint density at radius 2 is 2.29 bits per heavy atom. The van der Waals surface area contributed by atoms with Gasteiger partial charge in [0, 0.05) is 13.2 Å². The van der Waals surface area contributed by atoms with Gasteiger partial charge in [0.05, 0.1) is 23.0 Å². The highest BCUT2D eigenvalue weighted by Crippen LogP contribution is 2.26. The highest BCUT2D eigenvalue weighted by atomic mass is 35.5. The molecule has 14 heavy (non-hydrogen) atoms. The number of rotatable bonds is 5. The van der Waals surface area contributed by atoms with Crippen LogP contribution in [0.1, 0.15) is 6.92 Å². The Kier molecular flexibility index (Phi) is 4.56. The molecule has 0 saturated heterocycles. The summed E-state index contributed by atoms with van der Waals surface area (Å²) in [5.74, 6) is 0. The normalized spacial score (nSPS) is 10.1. The Bertz CT molecular complexity index is 291. The average Bonchev–Trinajstić information content (AvgIpc) is 2.19. The molecular formula is C10H15ClN2O. The molecule has 0 atom stereocenters. The van der Waals surface area contributed by atoms with Gasteiger partial charge in [0.25, 0.3) is 0 Å². The molecule has 0 aliphatic carbocycles. The standard InChI is InChI=1S/C10H15ClN2O/c1-2-14-7-6-13-9-5-3-4-8(11)10(9)12/h3-5,13H,2,6-7,12H2,1H3. The van der Waals surface area contributed by atoms with Gasteiger partial charge in [-0.3, -0.25) is 0 Å². The third-order valence-corrected chi connectivity index (χ3v) is 2.15. The zero-order valence-electron chi connectivity index (χ0n) is 8.22. The quantitative estimate of drug-likeness (QED) is 0.585. The second-order valence-electron chi connectivity index (χ2n) is 2.82. The number of nitrogens with one attached hydrogen (secondary N) is 1. The van der Waals surface area contributed by atoms with Crippen LogP contribution in [0.3, 0.4) is 0 Å². The topological polar surface area (TPSA) is 47.3 Å². The molecule has 3 N–H and O–H groups in total. The van der Waals surface area contributed by atoms with Crippen molar-refractivity contribution >= 4 is 23.0 Å². The number of hydrogen-bond acceptors (Lipinski definition) is 3. The minimum atomic E-state index is 0.575. The molecule has 0 amide bonds. The first-order valence-corrected chi connectivity index (χ1v) is 4.99. The van der Waals surface area contributed by atoms with Crippen molar-refractivity contribution < 1.29 is 4.74 Å². The second kappa shape index (κ2) is 5.73. The molecular weight excluding hydrogens is 200 g/mol. The van der Waals surface area contributed by atoms with Gasteiger partial charge in [0.2, 0.25) is 0 Å². The van der Waals surface area contributed by atoms with Gasteiger partial charge in [-0.05, 0) is 19.1 Å². The molecule has 4 heteroatoms. The number of nitrogens with two attached hydrogens (primary N) is 1. The lowest BCUT2D eigenvalue weighted by Gasteiger charge is -2.09. The lowest BCUT2D eigenvalue weighted by molar-refractivity contribution is 0.158. The van der Waals surface area contributed by atoms with Gasteiger partial charge in [0.15, 0.2) is 0 Å². The van der Waals surface area contributed by atoms with Crippen molar-refractivity contribution in [2.75, 3.05) is 30.8 Å². The molecule has 1 aromatic carbocycles. The number of ether oxygens (including phenoxy) is 1. The van der Waals surface area contributed by atoms with E-state index in [1.807, 2.05) is 19.1 Å². The third-order valence-electron chi connectivity index (χ3n) is 1.82. The lowest BCUT2D eigenvalue weighted by atomic mass is 10.2. The van der Waals surface area contributed by atoms with Crippen molar-refractivity contribution in [3.05, 3.63) is 23.2 Å². The molecule has 78 valence electrons. The molecule has 1 aromatic rings. The van der Waals surface area contributed by atoms with Gasteiger partial charge in [-0.1, -0.05) is 17.7 Å². The van der Waals surface area contributed by atoms with E-state index in [0.29, 0.717) is 17.3 Å². The average molecular weight is 215 g/mol. The van der Waals surface area contributed by atoms with E-state index >= 15 is 0 Å². The van der Waals surface area contributed by atoms with Crippen LogP contribution in [0.5, 0.6) is 0 Å². The van der Waals surface area contributed by atoms with Crippen LogP contribution in [-0.4, -0.2) is 19.8 Å². The van der Waals surface area contributed by atoms with E-state index in [0.717, 1.165) is 18.8 Å². The summed E-state index contributed by atoms with van der Waals surface area (Å²) in [6.45, 7) is 4.10. The maximum Gasteiger partial charge on any atom is 0.0739 e. The Labute approximate surface area is 89.2 Å². The Morgan fingerprint density at radius 3 is 3.00 bits per heavy atom. The number of hydrogen-bond donors (Lipinski definition) is 2. The van der Waals surface area contributed by atoms with E-state index < -0.39 is 0 Å². The molecule has 0 aliphatic rings. The summed E-state index contributed by atoms with van der Waals surface area (Å²) in [5, 5.41) is 3.73. The molecule has 0 heterocycles.